The molecule has 152 valence electrons. The van der Waals surface area contributed by atoms with Crippen LogP contribution in [0.1, 0.15) is 23.7 Å². The van der Waals surface area contributed by atoms with Crippen molar-refractivity contribution in [3.05, 3.63) is 76.3 Å². The molecular weight excluding hydrogens is 423 g/mol. The predicted octanol–water partition coefficient (Wildman–Crippen LogP) is 6.84. The van der Waals surface area contributed by atoms with E-state index in [0.717, 1.165) is 12.2 Å². The molecule has 0 saturated heterocycles. The van der Waals surface area contributed by atoms with Gasteiger partial charge in [-0.3, -0.25) is 4.79 Å². The molecule has 0 spiro atoms. The van der Waals surface area contributed by atoms with Gasteiger partial charge in [0.1, 0.15) is 11.3 Å². The molecule has 0 fully saturated rings. The highest BCUT2D eigenvalue weighted by molar-refractivity contribution is 6.35. The number of oxazole rings is 1. The minimum atomic E-state index is -0.224. The second kappa shape index (κ2) is 8.78. The Labute approximate surface area is 183 Å². The number of ether oxygens (including phenoxy) is 1. The number of aromatic nitrogens is 1. The van der Waals surface area contributed by atoms with E-state index in [0.29, 0.717) is 50.5 Å². The molecular formula is C23H18Cl2N2O3. The highest BCUT2D eigenvalue weighted by atomic mass is 35.5. The van der Waals surface area contributed by atoms with Gasteiger partial charge in [-0.05, 0) is 67.1 Å². The number of nitrogens with one attached hydrogen (secondary N) is 1. The van der Waals surface area contributed by atoms with Crippen molar-refractivity contribution in [2.75, 3.05) is 11.9 Å². The maximum Gasteiger partial charge on any atom is 0.255 e. The average molecular weight is 441 g/mol. The minimum absolute atomic E-state index is 0.224. The first kappa shape index (κ1) is 20.3. The summed E-state index contributed by atoms with van der Waals surface area (Å²) in [7, 11) is 0. The monoisotopic (exact) mass is 440 g/mol. The summed E-state index contributed by atoms with van der Waals surface area (Å²) in [6.07, 6.45) is 0.929. The van der Waals surface area contributed by atoms with E-state index in [2.05, 4.69) is 10.3 Å². The van der Waals surface area contributed by atoms with Crippen LogP contribution in [0.5, 0.6) is 5.75 Å². The Hall–Kier alpha value is -3.02. The van der Waals surface area contributed by atoms with Crippen molar-refractivity contribution in [2.45, 2.75) is 13.3 Å². The highest BCUT2D eigenvalue weighted by Gasteiger charge is 2.14. The largest absolute Gasteiger partial charge is 0.494 e. The Balaban J connectivity index is 1.53. The third-order valence-corrected chi connectivity index (χ3v) is 4.96. The lowest BCUT2D eigenvalue weighted by Gasteiger charge is -2.07. The highest BCUT2D eigenvalue weighted by Crippen LogP contribution is 2.32. The van der Waals surface area contributed by atoms with Gasteiger partial charge in [0, 0.05) is 16.3 Å². The molecule has 1 heterocycles. The Morgan fingerprint density at radius 3 is 2.63 bits per heavy atom. The summed E-state index contributed by atoms with van der Waals surface area (Å²) in [4.78, 5) is 17.0. The molecule has 1 amide bonds. The number of fused-ring (bicyclic) bond motifs is 1. The van der Waals surface area contributed by atoms with Gasteiger partial charge < -0.3 is 14.5 Å². The van der Waals surface area contributed by atoms with Crippen molar-refractivity contribution in [3.8, 4) is 17.2 Å². The first-order valence-electron chi connectivity index (χ1n) is 9.43. The van der Waals surface area contributed by atoms with E-state index < -0.39 is 0 Å². The van der Waals surface area contributed by atoms with Crippen molar-refractivity contribution >= 4 is 45.9 Å². The number of anilines is 1. The van der Waals surface area contributed by atoms with Gasteiger partial charge in [0.2, 0.25) is 5.89 Å². The van der Waals surface area contributed by atoms with E-state index in [-0.39, 0.29) is 5.91 Å². The van der Waals surface area contributed by atoms with E-state index in [1.165, 1.54) is 0 Å². The number of hydrogen-bond acceptors (Lipinski definition) is 4. The average Bonchev–Trinajstić information content (AvgIpc) is 3.17. The lowest BCUT2D eigenvalue weighted by molar-refractivity contribution is 0.102. The molecule has 4 aromatic rings. The zero-order chi connectivity index (χ0) is 21.1. The van der Waals surface area contributed by atoms with E-state index in [1.54, 1.807) is 60.7 Å². The fourth-order valence-corrected chi connectivity index (χ4v) is 3.28. The molecule has 0 atom stereocenters. The summed E-state index contributed by atoms with van der Waals surface area (Å²) in [6, 6.07) is 17.4. The van der Waals surface area contributed by atoms with Gasteiger partial charge in [-0.25, -0.2) is 4.98 Å². The number of hydrogen-bond donors (Lipinski definition) is 1. The van der Waals surface area contributed by atoms with E-state index in [4.69, 9.17) is 32.4 Å². The summed E-state index contributed by atoms with van der Waals surface area (Å²) < 4.78 is 11.3. The zero-order valence-electron chi connectivity index (χ0n) is 16.1. The van der Waals surface area contributed by atoms with Crippen molar-refractivity contribution in [2.24, 2.45) is 0 Å². The molecule has 1 aromatic heterocycles. The third kappa shape index (κ3) is 4.42. The molecule has 1 N–H and O–H groups in total. The number of benzene rings is 3. The second-order valence-electron chi connectivity index (χ2n) is 6.65. The Kier molecular flexibility index (Phi) is 5.93. The Bertz CT molecular complexity index is 1200. The maximum absolute atomic E-state index is 12.6. The molecule has 5 nitrogen and oxygen atoms in total. The molecule has 0 unspecified atom stereocenters. The van der Waals surface area contributed by atoms with Crippen molar-refractivity contribution in [1.82, 2.24) is 4.98 Å². The van der Waals surface area contributed by atoms with Gasteiger partial charge in [0.25, 0.3) is 5.91 Å². The summed E-state index contributed by atoms with van der Waals surface area (Å²) in [5.74, 6) is 0.881. The van der Waals surface area contributed by atoms with Crippen LogP contribution in [0.25, 0.3) is 22.6 Å². The SMILES string of the molecule is CCCOc1ccc(C(=O)Nc2ccc3oc(-c4cc(Cl)ccc4Cl)nc3c2)cc1. The molecule has 0 aliphatic carbocycles. The molecule has 0 aliphatic heterocycles. The Morgan fingerprint density at radius 2 is 1.87 bits per heavy atom. The van der Waals surface area contributed by atoms with Gasteiger partial charge in [0.15, 0.2) is 5.58 Å². The first-order chi connectivity index (χ1) is 14.5. The minimum Gasteiger partial charge on any atom is -0.494 e. The summed E-state index contributed by atoms with van der Waals surface area (Å²) in [6.45, 7) is 2.69. The molecule has 0 radical (unpaired) electrons. The van der Waals surface area contributed by atoms with Crippen molar-refractivity contribution in [1.29, 1.82) is 0 Å². The van der Waals surface area contributed by atoms with Crippen LogP contribution >= 0.6 is 23.2 Å². The summed E-state index contributed by atoms with van der Waals surface area (Å²) in [5.41, 5.74) is 2.93. The van der Waals surface area contributed by atoms with Crippen LogP contribution in [-0.4, -0.2) is 17.5 Å². The van der Waals surface area contributed by atoms with Gasteiger partial charge >= 0.3 is 0 Å². The zero-order valence-corrected chi connectivity index (χ0v) is 17.6. The topological polar surface area (TPSA) is 64.4 Å². The normalized spacial score (nSPS) is 10.9. The fourth-order valence-electron chi connectivity index (χ4n) is 2.91. The van der Waals surface area contributed by atoms with Crippen LogP contribution in [-0.2, 0) is 0 Å². The van der Waals surface area contributed by atoms with Crippen molar-refractivity contribution < 1.29 is 13.9 Å². The summed E-state index contributed by atoms with van der Waals surface area (Å²) in [5, 5.41) is 3.90. The summed E-state index contributed by atoms with van der Waals surface area (Å²) >= 11 is 12.3. The third-order valence-electron chi connectivity index (χ3n) is 4.39. The number of nitrogens with zero attached hydrogens (tertiary/aromatic N) is 1. The quantitative estimate of drug-likeness (QED) is 0.356. The van der Waals surface area contributed by atoms with Gasteiger partial charge in [-0.1, -0.05) is 30.1 Å². The number of halogens is 2. The van der Waals surface area contributed by atoms with Crippen LogP contribution < -0.4 is 10.1 Å². The van der Waals surface area contributed by atoms with Gasteiger partial charge in [-0.2, -0.15) is 0 Å². The van der Waals surface area contributed by atoms with Crippen LogP contribution in [0.2, 0.25) is 10.0 Å². The van der Waals surface area contributed by atoms with Gasteiger partial charge in [-0.15, -0.1) is 0 Å². The predicted molar refractivity (Wildman–Crippen MR) is 120 cm³/mol. The first-order valence-corrected chi connectivity index (χ1v) is 10.2. The standard InChI is InChI=1S/C23H18Cl2N2O3/c1-2-11-29-17-7-3-14(4-8-17)22(28)26-16-6-10-21-20(13-16)27-23(30-21)18-12-15(24)5-9-19(18)25/h3-10,12-13H,2,11H2,1H3,(H,26,28). The van der Waals surface area contributed by atoms with Crippen LogP contribution in [0.3, 0.4) is 0 Å². The molecule has 4 rings (SSSR count). The van der Waals surface area contributed by atoms with Crippen LogP contribution in [0.15, 0.2) is 65.1 Å². The van der Waals surface area contributed by atoms with E-state index in [1.807, 2.05) is 6.92 Å². The van der Waals surface area contributed by atoms with Crippen LogP contribution in [0, 0.1) is 0 Å². The Morgan fingerprint density at radius 1 is 1.07 bits per heavy atom. The second-order valence-corrected chi connectivity index (χ2v) is 7.50. The lowest BCUT2D eigenvalue weighted by Crippen LogP contribution is -2.11. The van der Waals surface area contributed by atoms with Crippen LogP contribution in [0.4, 0.5) is 5.69 Å². The molecule has 3 aromatic carbocycles. The smallest absolute Gasteiger partial charge is 0.255 e. The number of rotatable bonds is 6. The maximum atomic E-state index is 12.6. The molecule has 7 heteroatoms. The molecule has 0 aliphatic rings. The molecule has 0 saturated carbocycles. The number of carbonyl (C=O) groups is 1. The van der Waals surface area contributed by atoms with E-state index >= 15 is 0 Å². The molecule has 30 heavy (non-hydrogen) atoms. The fraction of sp³-hybridized carbons (Fsp3) is 0.130. The molecule has 0 bridgehead atoms. The van der Waals surface area contributed by atoms with Gasteiger partial charge in [0.05, 0.1) is 17.2 Å². The number of carbonyl (C=O) groups excluding carboxylic acids is 1. The van der Waals surface area contributed by atoms with Crippen molar-refractivity contribution in [3.63, 3.8) is 0 Å². The van der Waals surface area contributed by atoms with E-state index in [9.17, 15) is 4.79 Å². The lowest BCUT2D eigenvalue weighted by atomic mass is 10.2. The number of amides is 1.